The van der Waals surface area contributed by atoms with Gasteiger partial charge in [0.2, 0.25) is 0 Å². The summed E-state index contributed by atoms with van der Waals surface area (Å²) in [5, 5.41) is 0.800. The summed E-state index contributed by atoms with van der Waals surface area (Å²) in [7, 11) is 0. The fraction of sp³-hybridized carbons (Fsp3) is 0.647. The van der Waals surface area contributed by atoms with Gasteiger partial charge in [0.15, 0.2) is 0 Å². The Kier molecular flexibility index (Phi) is 8.09. The third-order valence-electron chi connectivity index (χ3n) is 4.02. The van der Waals surface area contributed by atoms with Crippen molar-refractivity contribution in [3.63, 3.8) is 0 Å². The van der Waals surface area contributed by atoms with Crippen LogP contribution in [0.1, 0.15) is 45.7 Å². The Morgan fingerprint density at radius 2 is 1.76 bits per heavy atom. The molecule has 1 aromatic carbocycles. The predicted molar refractivity (Wildman–Crippen MR) is 94.3 cm³/mol. The van der Waals surface area contributed by atoms with Crippen molar-refractivity contribution in [3.8, 4) is 0 Å². The first kappa shape index (κ1) is 18.3. The molecule has 0 amide bonds. The standard InChI is InChI=1S/C17H30ClN3/c1-5-20(6-2)11-8-12-21(7-3)17-10-9-15(14(4)19)13-16(17)18/h9-10,13-14H,5-8,11-12,19H2,1-4H3. The highest BCUT2D eigenvalue weighted by Crippen LogP contribution is 2.28. The van der Waals surface area contributed by atoms with E-state index in [2.05, 4.69) is 42.7 Å². The molecule has 21 heavy (non-hydrogen) atoms. The topological polar surface area (TPSA) is 32.5 Å². The Labute approximate surface area is 135 Å². The normalized spacial score (nSPS) is 12.7. The quantitative estimate of drug-likeness (QED) is 0.750. The van der Waals surface area contributed by atoms with Gasteiger partial charge in [-0.05, 0) is 57.6 Å². The van der Waals surface area contributed by atoms with E-state index in [0.717, 1.165) is 55.4 Å². The number of anilines is 1. The lowest BCUT2D eigenvalue weighted by Crippen LogP contribution is -2.30. The first-order chi connectivity index (χ1) is 10.0. The molecule has 0 spiro atoms. The molecule has 4 heteroatoms. The van der Waals surface area contributed by atoms with Crippen LogP contribution in [0.3, 0.4) is 0 Å². The number of hydrogen-bond acceptors (Lipinski definition) is 3. The van der Waals surface area contributed by atoms with Crippen LogP contribution in [0.4, 0.5) is 5.69 Å². The van der Waals surface area contributed by atoms with E-state index in [-0.39, 0.29) is 6.04 Å². The van der Waals surface area contributed by atoms with Crippen LogP contribution in [0.25, 0.3) is 0 Å². The summed E-state index contributed by atoms with van der Waals surface area (Å²) < 4.78 is 0. The van der Waals surface area contributed by atoms with Crippen LogP contribution < -0.4 is 10.6 Å². The molecule has 0 aliphatic rings. The van der Waals surface area contributed by atoms with Crippen LogP contribution in [0.15, 0.2) is 18.2 Å². The van der Waals surface area contributed by atoms with Crippen molar-refractivity contribution in [2.75, 3.05) is 37.6 Å². The molecule has 1 unspecified atom stereocenters. The first-order valence-electron chi connectivity index (χ1n) is 8.05. The smallest absolute Gasteiger partial charge is 0.0642 e. The van der Waals surface area contributed by atoms with E-state index in [1.165, 1.54) is 0 Å². The van der Waals surface area contributed by atoms with Gasteiger partial charge in [-0.1, -0.05) is 31.5 Å². The molecule has 3 nitrogen and oxygen atoms in total. The van der Waals surface area contributed by atoms with E-state index >= 15 is 0 Å². The molecule has 1 aromatic rings. The van der Waals surface area contributed by atoms with E-state index in [4.69, 9.17) is 17.3 Å². The van der Waals surface area contributed by atoms with Gasteiger partial charge in [0.25, 0.3) is 0 Å². The van der Waals surface area contributed by atoms with Gasteiger partial charge in [-0.2, -0.15) is 0 Å². The third kappa shape index (κ3) is 5.50. The highest BCUT2D eigenvalue weighted by atomic mass is 35.5. The van der Waals surface area contributed by atoms with Gasteiger partial charge in [0, 0.05) is 19.1 Å². The van der Waals surface area contributed by atoms with E-state index in [9.17, 15) is 0 Å². The highest BCUT2D eigenvalue weighted by molar-refractivity contribution is 6.33. The molecule has 0 fully saturated rings. The second-order valence-corrected chi connectivity index (χ2v) is 5.87. The maximum Gasteiger partial charge on any atom is 0.0642 e. The van der Waals surface area contributed by atoms with Crippen molar-refractivity contribution in [3.05, 3.63) is 28.8 Å². The summed E-state index contributed by atoms with van der Waals surface area (Å²) in [6.07, 6.45) is 1.15. The summed E-state index contributed by atoms with van der Waals surface area (Å²) in [5.41, 5.74) is 8.11. The Morgan fingerprint density at radius 1 is 1.10 bits per heavy atom. The van der Waals surface area contributed by atoms with Crippen LogP contribution >= 0.6 is 11.6 Å². The number of halogens is 1. The van der Waals surface area contributed by atoms with Gasteiger partial charge in [-0.3, -0.25) is 0 Å². The average Bonchev–Trinajstić information content (AvgIpc) is 2.48. The Morgan fingerprint density at radius 3 is 2.24 bits per heavy atom. The number of hydrogen-bond donors (Lipinski definition) is 1. The SMILES string of the molecule is CCN(CC)CCCN(CC)c1ccc(C(C)N)cc1Cl. The Hall–Kier alpha value is -0.770. The maximum atomic E-state index is 6.44. The fourth-order valence-corrected chi connectivity index (χ4v) is 2.85. The van der Waals surface area contributed by atoms with Crippen LogP contribution in [0, 0.1) is 0 Å². The van der Waals surface area contributed by atoms with E-state index in [1.807, 2.05) is 13.0 Å². The molecule has 0 aromatic heterocycles. The monoisotopic (exact) mass is 311 g/mol. The maximum absolute atomic E-state index is 6.44. The second-order valence-electron chi connectivity index (χ2n) is 5.46. The zero-order valence-electron chi connectivity index (χ0n) is 13.9. The number of nitrogens with zero attached hydrogens (tertiary/aromatic N) is 2. The molecule has 1 rings (SSSR count). The molecule has 0 radical (unpaired) electrons. The van der Waals surface area contributed by atoms with Crippen molar-refractivity contribution < 1.29 is 0 Å². The minimum absolute atomic E-state index is 0.0225. The first-order valence-corrected chi connectivity index (χ1v) is 8.43. The highest BCUT2D eigenvalue weighted by Gasteiger charge is 2.11. The zero-order chi connectivity index (χ0) is 15.8. The van der Waals surface area contributed by atoms with Crippen molar-refractivity contribution in [2.45, 2.75) is 40.2 Å². The summed E-state index contributed by atoms with van der Waals surface area (Å²) in [5.74, 6) is 0. The van der Waals surface area contributed by atoms with Gasteiger partial charge in [-0.25, -0.2) is 0 Å². The van der Waals surface area contributed by atoms with Crippen LogP contribution in [0.5, 0.6) is 0 Å². The Bertz CT molecular complexity index is 416. The van der Waals surface area contributed by atoms with E-state index in [0.29, 0.717) is 0 Å². The largest absolute Gasteiger partial charge is 0.371 e. The minimum atomic E-state index is 0.0225. The molecule has 0 saturated heterocycles. The fourth-order valence-electron chi connectivity index (χ4n) is 2.54. The van der Waals surface area contributed by atoms with Crippen molar-refractivity contribution in [1.29, 1.82) is 0 Å². The molecule has 120 valence electrons. The molecule has 0 bridgehead atoms. The molecule has 0 aliphatic carbocycles. The molecular formula is C17H30ClN3. The van der Waals surface area contributed by atoms with Gasteiger partial charge >= 0.3 is 0 Å². The van der Waals surface area contributed by atoms with Crippen molar-refractivity contribution in [2.24, 2.45) is 5.73 Å². The van der Waals surface area contributed by atoms with Gasteiger partial charge < -0.3 is 15.5 Å². The minimum Gasteiger partial charge on any atom is -0.371 e. The summed E-state index contributed by atoms with van der Waals surface area (Å²) in [6, 6.07) is 6.20. The number of nitrogens with two attached hydrogens (primary N) is 1. The average molecular weight is 312 g/mol. The Balaban J connectivity index is 2.67. The van der Waals surface area contributed by atoms with Gasteiger partial charge in [0.1, 0.15) is 0 Å². The second kappa shape index (κ2) is 9.29. The lowest BCUT2D eigenvalue weighted by atomic mass is 10.1. The number of benzene rings is 1. The van der Waals surface area contributed by atoms with Crippen LogP contribution in [-0.2, 0) is 0 Å². The molecule has 0 heterocycles. The summed E-state index contributed by atoms with van der Waals surface area (Å²) in [4.78, 5) is 4.80. The predicted octanol–water partition coefficient (Wildman–Crippen LogP) is 3.92. The zero-order valence-corrected chi connectivity index (χ0v) is 14.7. The molecular weight excluding hydrogens is 282 g/mol. The molecule has 0 saturated carbocycles. The number of rotatable bonds is 9. The van der Waals surface area contributed by atoms with Gasteiger partial charge in [-0.15, -0.1) is 0 Å². The molecule has 1 atom stereocenters. The van der Waals surface area contributed by atoms with E-state index < -0.39 is 0 Å². The lowest BCUT2D eigenvalue weighted by Gasteiger charge is -2.26. The van der Waals surface area contributed by atoms with Crippen LogP contribution in [-0.4, -0.2) is 37.6 Å². The third-order valence-corrected chi connectivity index (χ3v) is 4.32. The van der Waals surface area contributed by atoms with Gasteiger partial charge in [0.05, 0.1) is 10.7 Å². The lowest BCUT2D eigenvalue weighted by molar-refractivity contribution is 0.301. The van der Waals surface area contributed by atoms with E-state index in [1.54, 1.807) is 0 Å². The molecule has 2 N–H and O–H groups in total. The summed E-state index contributed by atoms with van der Waals surface area (Å²) >= 11 is 6.44. The van der Waals surface area contributed by atoms with Crippen molar-refractivity contribution in [1.82, 2.24) is 4.90 Å². The van der Waals surface area contributed by atoms with Crippen LogP contribution in [0.2, 0.25) is 5.02 Å². The summed E-state index contributed by atoms with van der Waals surface area (Å²) in [6.45, 7) is 14.0. The van der Waals surface area contributed by atoms with Crippen molar-refractivity contribution >= 4 is 17.3 Å². The molecule has 0 aliphatic heterocycles.